The minimum absolute atomic E-state index is 0.0404. The molecule has 1 fully saturated rings. The van der Waals surface area contributed by atoms with E-state index in [1.54, 1.807) is 42.5 Å². The summed E-state index contributed by atoms with van der Waals surface area (Å²) in [7, 11) is 0. The van der Waals surface area contributed by atoms with Crippen LogP contribution in [0.4, 0.5) is 0 Å². The van der Waals surface area contributed by atoms with Crippen molar-refractivity contribution in [3.63, 3.8) is 0 Å². The van der Waals surface area contributed by atoms with Crippen molar-refractivity contribution < 1.29 is 9.26 Å². The molecule has 1 atom stereocenters. The number of fused-ring (bicyclic) bond motifs is 1. The van der Waals surface area contributed by atoms with Gasteiger partial charge in [-0.15, -0.1) is 0 Å². The Morgan fingerprint density at radius 3 is 2.77 bits per heavy atom. The fraction of sp³-hybridized carbons (Fsp3) is 0.273. The standard InChI is InChI=1S/C22H19ClN4O4/c23-15-6-3-5-14(11-15)20-24-19(31-25-20)13-26-18-9-2-1-8-17(18)21(28)27(22(26)29)12-16-7-4-10-30-16/h1-3,5-6,8-9,11,16H,4,7,10,12-13H2. The van der Waals surface area contributed by atoms with Crippen molar-refractivity contribution >= 4 is 22.5 Å². The van der Waals surface area contributed by atoms with Crippen LogP contribution in [0.15, 0.2) is 62.6 Å². The molecule has 8 nitrogen and oxygen atoms in total. The summed E-state index contributed by atoms with van der Waals surface area (Å²) in [5.41, 5.74) is 0.478. The van der Waals surface area contributed by atoms with E-state index >= 15 is 0 Å². The zero-order chi connectivity index (χ0) is 21.4. The second-order valence-corrected chi connectivity index (χ2v) is 7.90. The van der Waals surface area contributed by atoms with E-state index < -0.39 is 5.69 Å². The molecule has 0 saturated carbocycles. The molecule has 9 heteroatoms. The summed E-state index contributed by atoms with van der Waals surface area (Å²) >= 11 is 6.05. The van der Waals surface area contributed by atoms with Crippen molar-refractivity contribution in [1.82, 2.24) is 19.3 Å². The quantitative estimate of drug-likeness (QED) is 0.475. The zero-order valence-electron chi connectivity index (χ0n) is 16.5. The highest BCUT2D eigenvalue weighted by molar-refractivity contribution is 6.30. The Bertz CT molecular complexity index is 1370. The molecule has 1 aliphatic heterocycles. The van der Waals surface area contributed by atoms with Crippen LogP contribution in [0.1, 0.15) is 18.7 Å². The lowest BCUT2D eigenvalue weighted by Gasteiger charge is -2.15. The van der Waals surface area contributed by atoms with E-state index in [4.69, 9.17) is 20.9 Å². The van der Waals surface area contributed by atoms with Crippen molar-refractivity contribution in [3.05, 3.63) is 80.3 Å². The first-order valence-electron chi connectivity index (χ1n) is 10.0. The Labute approximate surface area is 181 Å². The summed E-state index contributed by atoms with van der Waals surface area (Å²) < 4.78 is 13.8. The highest BCUT2D eigenvalue weighted by atomic mass is 35.5. The summed E-state index contributed by atoms with van der Waals surface area (Å²) in [6.07, 6.45) is 1.61. The van der Waals surface area contributed by atoms with Crippen molar-refractivity contribution in [2.75, 3.05) is 6.61 Å². The molecule has 2 aromatic carbocycles. The number of para-hydroxylation sites is 1. The van der Waals surface area contributed by atoms with Crippen LogP contribution >= 0.6 is 11.6 Å². The van der Waals surface area contributed by atoms with Gasteiger partial charge < -0.3 is 9.26 Å². The predicted molar refractivity (Wildman–Crippen MR) is 115 cm³/mol. The number of nitrogens with zero attached hydrogens (tertiary/aromatic N) is 4. The number of hydrogen-bond donors (Lipinski definition) is 0. The molecule has 0 bridgehead atoms. The Kier molecular flexibility index (Phi) is 5.17. The van der Waals surface area contributed by atoms with Gasteiger partial charge >= 0.3 is 5.69 Å². The molecule has 1 aliphatic rings. The molecule has 5 rings (SSSR count). The van der Waals surface area contributed by atoms with Gasteiger partial charge in [0.15, 0.2) is 0 Å². The van der Waals surface area contributed by atoms with E-state index in [0.29, 0.717) is 33.9 Å². The maximum absolute atomic E-state index is 13.3. The van der Waals surface area contributed by atoms with Crippen LogP contribution in [0, 0.1) is 0 Å². The Morgan fingerprint density at radius 1 is 1.10 bits per heavy atom. The van der Waals surface area contributed by atoms with Crippen LogP contribution in [0.3, 0.4) is 0 Å². The Morgan fingerprint density at radius 2 is 1.97 bits per heavy atom. The largest absolute Gasteiger partial charge is 0.376 e. The van der Waals surface area contributed by atoms with Crippen LogP contribution in [0.25, 0.3) is 22.3 Å². The molecule has 31 heavy (non-hydrogen) atoms. The van der Waals surface area contributed by atoms with Gasteiger partial charge in [0, 0.05) is 17.2 Å². The zero-order valence-corrected chi connectivity index (χ0v) is 17.3. The van der Waals surface area contributed by atoms with E-state index in [1.807, 2.05) is 6.07 Å². The molecule has 0 spiro atoms. The second kappa shape index (κ2) is 8.13. The second-order valence-electron chi connectivity index (χ2n) is 7.46. The summed E-state index contributed by atoms with van der Waals surface area (Å²) in [4.78, 5) is 30.7. The minimum Gasteiger partial charge on any atom is -0.376 e. The number of hydrogen-bond acceptors (Lipinski definition) is 6. The van der Waals surface area contributed by atoms with Crippen molar-refractivity contribution in [1.29, 1.82) is 0 Å². The molecule has 2 aromatic heterocycles. The molecule has 158 valence electrons. The first-order chi connectivity index (χ1) is 15.1. The van der Waals surface area contributed by atoms with Gasteiger partial charge in [0.25, 0.3) is 5.56 Å². The van der Waals surface area contributed by atoms with E-state index in [1.165, 1.54) is 9.13 Å². The monoisotopic (exact) mass is 438 g/mol. The fourth-order valence-corrected chi connectivity index (χ4v) is 4.07. The number of ether oxygens (including phenoxy) is 1. The van der Waals surface area contributed by atoms with Crippen molar-refractivity contribution in [2.24, 2.45) is 0 Å². The molecule has 0 aliphatic carbocycles. The molecule has 1 unspecified atom stereocenters. The fourth-order valence-electron chi connectivity index (χ4n) is 3.88. The maximum atomic E-state index is 13.3. The topological polar surface area (TPSA) is 92.2 Å². The summed E-state index contributed by atoms with van der Waals surface area (Å²) in [5.74, 6) is 0.632. The molecule has 4 aromatic rings. The van der Waals surface area contributed by atoms with Crippen molar-refractivity contribution in [2.45, 2.75) is 32.0 Å². The van der Waals surface area contributed by atoms with Crippen LogP contribution in [-0.4, -0.2) is 32.0 Å². The third-order valence-corrected chi connectivity index (χ3v) is 5.62. The molecule has 0 radical (unpaired) electrons. The molecule has 0 N–H and O–H groups in total. The SMILES string of the molecule is O=c1c2ccccc2n(Cc2nc(-c3cccc(Cl)c3)no2)c(=O)n1CC1CCCO1. The third kappa shape index (κ3) is 3.80. The number of halogens is 1. The average Bonchev–Trinajstić information content (AvgIpc) is 3.46. The molecule has 1 saturated heterocycles. The Hall–Kier alpha value is -3.23. The number of aromatic nitrogens is 4. The summed E-state index contributed by atoms with van der Waals surface area (Å²) in [5, 5.41) is 5.02. The minimum atomic E-state index is -0.429. The van der Waals surface area contributed by atoms with E-state index in [9.17, 15) is 9.59 Å². The van der Waals surface area contributed by atoms with Crippen molar-refractivity contribution in [3.8, 4) is 11.4 Å². The lowest BCUT2D eigenvalue weighted by Crippen LogP contribution is -2.42. The van der Waals surface area contributed by atoms with Gasteiger partial charge in [-0.25, -0.2) is 4.79 Å². The van der Waals surface area contributed by atoms with E-state index in [-0.39, 0.29) is 30.6 Å². The molecule has 0 amide bonds. The van der Waals surface area contributed by atoms with Gasteiger partial charge in [0.1, 0.15) is 6.54 Å². The first-order valence-corrected chi connectivity index (χ1v) is 10.4. The van der Waals surface area contributed by atoms with Crippen LogP contribution in [-0.2, 0) is 17.8 Å². The lowest BCUT2D eigenvalue weighted by atomic mass is 10.2. The number of benzene rings is 2. The third-order valence-electron chi connectivity index (χ3n) is 5.39. The smallest absolute Gasteiger partial charge is 0.332 e. The van der Waals surface area contributed by atoms with Crippen LogP contribution in [0.2, 0.25) is 5.02 Å². The van der Waals surface area contributed by atoms with Gasteiger partial charge in [0.05, 0.1) is 23.6 Å². The first kappa shape index (κ1) is 19.7. The van der Waals surface area contributed by atoms with Gasteiger partial charge in [-0.3, -0.25) is 13.9 Å². The van der Waals surface area contributed by atoms with Gasteiger partial charge in [-0.1, -0.05) is 41.0 Å². The Balaban J connectivity index is 1.56. The van der Waals surface area contributed by atoms with Crippen LogP contribution in [0.5, 0.6) is 0 Å². The highest BCUT2D eigenvalue weighted by Crippen LogP contribution is 2.20. The predicted octanol–water partition coefficient (Wildman–Crippen LogP) is 3.09. The average molecular weight is 439 g/mol. The van der Waals surface area contributed by atoms with Gasteiger partial charge in [-0.2, -0.15) is 4.98 Å². The normalized spacial score (nSPS) is 16.2. The van der Waals surface area contributed by atoms with E-state index in [0.717, 1.165) is 12.8 Å². The summed E-state index contributed by atoms with van der Waals surface area (Å²) in [6, 6.07) is 14.1. The molecular formula is C22H19ClN4O4. The van der Waals surface area contributed by atoms with E-state index in [2.05, 4.69) is 10.1 Å². The lowest BCUT2D eigenvalue weighted by molar-refractivity contribution is 0.0948. The van der Waals surface area contributed by atoms with Gasteiger partial charge in [-0.05, 0) is 37.1 Å². The molecule has 3 heterocycles. The highest BCUT2D eigenvalue weighted by Gasteiger charge is 2.21. The number of rotatable bonds is 5. The van der Waals surface area contributed by atoms with Crippen LogP contribution < -0.4 is 11.2 Å². The van der Waals surface area contributed by atoms with Gasteiger partial charge in [0.2, 0.25) is 11.7 Å². The maximum Gasteiger partial charge on any atom is 0.332 e. The molecular weight excluding hydrogens is 420 g/mol. The summed E-state index contributed by atoms with van der Waals surface area (Å²) in [6.45, 7) is 0.911.